The van der Waals surface area contributed by atoms with Crippen LogP contribution in [0.5, 0.6) is 0 Å². The predicted molar refractivity (Wildman–Crippen MR) is 172 cm³/mol. The maximum Gasteiger partial charge on any atom is 0.262 e. The number of benzene rings is 3. The van der Waals surface area contributed by atoms with E-state index in [1.807, 2.05) is 36.4 Å². The highest BCUT2D eigenvalue weighted by Gasteiger charge is 2.60. The average Bonchev–Trinajstić information content (AvgIpc) is 3.59. The van der Waals surface area contributed by atoms with E-state index in [2.05, 4.69) is 18.8 Å². The summed E-state index contributed by atoms with van der Waals surface area (Å²) in [6.07, 6.45) is 2.15. The Morgan fingerprint density at radius 3 is 2.09 bits per heavy atom. The highest BCUT2D eigenvalue weighted by atomic mass is 19.1. The summed E-state index contributed by atoms with van der Waals surface area (Å²) in [6, 6.07) is 24.7. The first-order valence-electron chi connectivity index (χ1n) is 15.3. The molecule has 8 nitrogen and oxygen atoms in total. The first-order valence-corrected chi connectivity index (χ1v) is 15.3. The molecule has 2 amide bonds. The molecule has 0 unspecified atom stereocenters. The van der Waals surface area contributed by atoms with Crippen molar-refractivity contribution in [3.63, 3.8) is 0 Å². The molecule has 2 aliphatic rings. The second kappa shape index (κ2) is 9.86. The summed E-state index contributed by atoms with van der Waals surface area (Å²) in [6.45, 7) is 5.85. The van der Waals surface area contributed by atoms with Crippen LogP contribution in [0.25, 0.3) is 39.1 Å². The molecule has 8 rings (SSSR count). The Morgan fingerprint density at radius 1 is 0.848 bits per heavy atom. The number of hydrogen-bond donors (Lipinski definition) is 1. The molecule has 228 valence electrons. The summed E-state index contributed by atoms with van der Waals surface area (Å²) in [5, 5.41) is 16.4. The van der Waals surface area contributed by atoms with Crippen LogP contribution in [0.3, 0.4) is 0 Å². The number of pyridine rings is 1. The van der Waals surface area contributed by atoms with Crippen molar-refractivity contribution >= 4 is 28.5 Å². The van der Waals surface area contributed by atoms with Gasteiger partial charge in [-0.15, -0.1) is 0 Å². The molecule has 4 heterocycles. The highest BCUT2D eigenvalue weighted by molar-refractivity contribution is 6.22. The van der Waals surface area contributed by atoms with Crippen LogP contribution in [-0.4, -0.2) is 47.0 Å². The number of carbonyl (C=O) groups excluding carboxylic acids is 2. The molecule has 9 heteroatoms. The molecule has 0 saturated heterocycles. The van der Waals surface area contributed by atoms with Crippen molar-refractivity contribution in [2.24, 2.45) is 0 Å². The van der Waals surface area contributed by atoms with Gasteiger partial charge < -0.3 is 5.11 Å². The van der Waals surface area contributed by atoms with Crippen LogP contribution in [-0.2, 0) is 5.54 Å². The van der Waals surface area contributed by atoms with E-state index in [0.717, 1.165) is 11.3 Å². The molecule has 6 aromatic rings. The second-order valence-corrected chi connectivity index (χ2v) is 13.0. The Labute approximate surface area is 264 Å². The number of nitrogens with zero attached hydrogens (tertiary/aromatic N) is 5. The van der Waals surface area contributed by atoms with Crippen LogP contribution in [0, 0.1) is 5.82 Å². The quantitative estimate of drug-likeness (QED) is 0.213. The van der Waals surface area contributed by atoms with Crippen molar-refractivity contribution in [2.75, 3.05) is 0 Å². The Bertz CT molecular complexity index is 2200. The first-order chi connectivity index (χ1) is 22.1. The van der Waals surface area contributed by atoms with Gasteiger partial charge in [-0.2, -0.15) is 9.61 Å². The molecule has 3 aromatic heterocycles. The van der Waals surface area contributed by atoms with E-state index < -0.39 is 11.1 Å². The summed E-state index contributed by atoms with van der Waals surface area (Å²) < 4.78 is 17.0. The second-order valence-electron chi connectivity index (χ2n) is 13.0. The minimum Gasteiger partial charge on any atom is -0.390 e. The van der Waals surface area contributed by atoms with Crippen molar-refractivity contribution in [2.45, 2.75) is 50.7 Å². The lowest BCUT2D eigenvalue weighted by Crippen LogP contribution is -2.63. The predicted octanol–water partition coefficient (Wildman–Crippen LogP) is 6.91. The van der Waals surface area contributed by atoms with Gasteiger partial charge in [0.25, 0.3) is 11.8 Å². The van der Waals surface area contributed by atoms with Gasteiger partial charge >= 0.3 is 0 Å². The van der Waals surface area contributed by atoms with Crippen molar-refractivity contribution in [1.29, 1.82) is 0 Å². The number of fused-ring (bicyclic) bond motifs is 4. The van der Waals surface area contributed by atoms with Gasteiger partial charge in [-0.05, 0) is 42.7 Å². The summed E-state index contributed by atoms with van der Waals surface area (Å²) in [5.41, 5.74) is 3.82. The third kappa shape index (κ3) is 4.11. The van der Waals surface area contributed by atoms with Gasteiger partial charge in [-0.1, -0.05) is 68.4 Å². The zero-order valence-corrected chi connectivity index (χ0v) is 25.5. The molecular weight excluding hydrogens is 581 g/mol. The van der Waals surface area contributed by atoms with E-state index in [-0.39, 0.29) is 36.4 Å². The molecule has 1 saturated carbocycles. The van der Waals surface area contributed by atoms with E-state index in [1.165, 1.54) is 11.0 Å². The molecule has 0 bridgehead atoms. The molecule has 3 aromatic carbocycles. The molecule has 1 aliphatic heterocycles. The molecule has 0 radical (unpaired) electrons. The highest BCUT2D eigenvalue weighted by Crippen LogP contribution is 2.54. The fraction of sp³-hybridized carbons (Fsp3) is 0.216. The van der Waals surface area contributed by atoms with Crippen LogP contribution in [0.4, 0.5) is 4.39 Å². The molecule has 1 N–H and O–H groups in total. The van der Waals surface area contributed by atoms with Gasteiger partial charge in [0.15, 0.2) is 11.3 Å². The van der Waals surface area contributed by atoms with E-state index >= 15 is 4.39 Å². The molecule has 1 aliphatic carbocycles. The van der Waals surface area contributed by atoms with Crippen LogP contribution < -0.4 is 0 Å². The fourth-order valence-corrected chi connectivity index (χ4v) is 7.16. The fourth-order valence-electron chi connectivity index (χ4n) is 7.16. The number of carbonyl (C=O) groups is 2. The molecular formula is C37H30FN5O3. The number of aliphatic hydroxyl groups is 1. The third-order valence-electron chi connectivity index (χ3n) is 9.30. The largest absolute Gasteiger partial charge is 0.390 e. The van der Waals surface area contributed by atoms with Crippen LogP contribution in [0.15, 0.2) is 91.1 Å². The number of imide groups is 1. The zero-order valence-electron chi connectivity index (χ0n) is 25.5. The summed E-state index contributed by atoms with van der Waals surface area (Å²) in [7, 11) is 0. The lowest BCUT2D eigenvalue weighted by molar-refractivity contribution is -0.118. The monoisotopic (exact) mass is 611 g/mol. The minimum atomic E-state index is -1.04. The molecule has 0 atom stereocenters. The van der Waals surface area contributed by atoms with Crippen molar-refractivity contribution in [3.8, 4) is 22.4 Å². The van der Waals surface area contributed by atoms with Gasteiger partial charge in [0.2, 0.25) is 0 Å². The lowest BCUT2D eigenvalue weighted by atomic mass is 9.61. The minimum absolute atomic E-state index is 0.197. The Hall–Kier alpha value is -5.28. The van der Waals surface area contributed by atoms with E-state index in [9.17, 15) is 14.7 Å². The zero-order chi connectivity index (χ0) is 32.0. The topological polar surface area (TPSA) is 101 Å². The molecule has 0 spiro atoms. The molecule has 1 fully saturated rings. The molecule has 46 heavy (non-hydrogen) atoms. The van der Waals surface area contributed by atoms with Gasteiger partial charge in [0.05, 0.1) is 33.7 Å². The SMILES string of the molecule is CC(C)c1cc2ncc3cc(-c4ccccc4F)c(-c4ccc([C@]5(N6C(=O)c7ccccc7C6=O)C[C@](C)(O)C5)cc4)nc3n2n1. The van der Waals surface area contributed by atoms with Gasteiger partial charge in [-0.25, -0.2) is 14.4 Å². The Morgan fingerprint density at radius 2 is 1.48 bits per heavy atom. The third-order valence-corrected chi connectivity index (χ3v) is 9.30. The van der Waals surface area contributed by atoms with Gasteiger partial charge in [-0.3, -0.25) is 14.5 Å². The normalized spacial score (nSPS) is 21.0. The Kier molecular flexibility index (Phi) is 6.05. The summed E-state index contributed by atoms with van der Waals surface area (Å²) >= 11 is 0. The van der Waals surface area contributed by atoms with Crippen molar-refractivity contribution in [1.82, 2.24) is 24.5 Å². The van der Waals surface area contributed by atoms with Crippen molar-refractivity contribution in [3.05, 3.63) is 119 Å². The van der Waals surface area contributed by atoms with Crippen molar-refractivity contribution < 1.29 is 19.1 Å². The lowest BCUT2D eigenvalue weighted by Gasteiger charge is -2.55. The standard InChI is InChI=1S/C37H30FN5O3/c1-21(2)30-17-31-39-18-23-16-28(25-8-6-7-11-29(25)38)32(40-33(23)43(31)41-30)22-12-14-24(15-13-22)37(19-36(3,46)20-37)42-34(44)26-9-4-5-10-27(26)35(42)45/h4-18,21,46H,19-20H2,1-3H3/t36-,37-. The van der Waals surface area contributed by atoms with E-state index in [1.54, 1.807) is 60.1 Å². The smallest absolute Gasteiger partial charge is 0.262 e. The van der Waals surface area contributed by atoms with Crippen LogP contribution in [0.2, 0.25) is 0 Å². The van der Waals surface area contributed by atoms with Gasteiger partial charge in [0, 0.05) is 47.2 Å². The number of hydrogen-bond acceptors (Lipinski definition) is 6. The van der Waals surface area contributed by atoms with Crippen LogP contribution >= 0.6 is 0 Å². The Balaban J connectivity index is 1.28. The van der Waals surface area contributed by atoms with E-state index in [4.69, 9.17) is 10.1 Å². The summed E-state index contributed by atoms with van der Waals surface area (Å²) in [5.74, 6) is -0.909. The summed E-state index contributed by atoms with van der Waals surface area (Å²) in [4.78, 5) is 38.2. The first kappa shape index (κ1) is 28.2. The van der Waals surface area contributed by atoms with Crippen LogP contribution in [0.1, 0.15) is 71.5 Å². The maximum atomic E-state index is 15.3. The number of halogens is 1. The maximum absolute atomic E-state index is 15.3. The average molecular weight is 612 g/mol. The number of aromatic nitrogens is 4. The number of amides is 2. The number of rotatable bonds is 5. The van der Waals surface area contributed by atoms with E-state index in [0.29, 0.717) is 50.2 Å². The van der Waals surface area contributed by atoms with Gasteiger partial charge in [0.1, 0.15) is 5.82 Å².